The molecule has 1 aliphatic carbocycles. The highest BCUT2D eigenvalue weighted by atomic mass is 32.2. The lowest BCUT2D eigenvalue weighted by atomic mass is 9.74. The standard InChI is InChI=1S/C21H22F3NO3S/c22-21(23,24)29(26,27)28-20-10-4-8-16-17-9-5-13-25(19(17)12-11-18(16)20)14-15-6-2-1-3-7-15/h1-4,6-8,10,17,19H,5,9,11-14H2/t17-,19+/m0/s1. The van der Waals surface area contributed by atoms with Gasteiger partial charge in [-0.05, 0) is 60.9 Å². The third-order valence-corrected chi connectivity index (χ3v) is 6.83. The second-order valence-electron chi connectivity index (χ2n) is 7.62. The van der Waals surface area contributed by atoms with Crippen LogP contribution in [0.1, 0.15) is 41.9 Å². The minimum Gasteiger partial charge on any atom is -0.376 e. The van der Waals surface area contributed by atoms with E-state index in [1.165, 1.54) is 11.6 Å². The fourth-order valence-corrected chi connectivity index (χ4v) is 5.11. The summed E-state index contributed by atoms with van der Waals surface area (Å²) in [5, 5.41) is 0. The Balaban J connectivity index is 1.60. The average Bonchev–Trinajstić information content (AvgIpc) is 2.68. The first-order chi connectivity index (χ1) is 13.8. The molecular formula is C21H22F3NO3S. The summed E-state index contributed by atoms with van der Waals surface area (Å²) in [5.74, 6) is -0.0354. The molecule has 156 valence electrons. The predicted octanol–water partition coefficient (Wildman–Crippen LogP) is 4.61. The summed E-state index contributed by atoms with van der Waals surface area (Å²) in [7, 11) is -5.68. The molecule has 1 heterocycles. The van der Waals surface area contributed by atoms with Crippen molar-refractivity contribution >= 4 is 10.1 Å². The average molecular weight is 425 g/mol. The third kappa shape index (κ3) is 4.00. The summed E-state index contributed by atoms with van der Waals surface area (Å²) in [6.45, 7) is 1.81. The summed E-state index contributed by atoms with van der Waals surface area (Å²) in [5.41, 5.74) is -2.71. The Morgan fingerprint density at radius 3 is 2.52 bits per heavy atom. The van der Waals surface area contributed by atoms with Crippen LogP contribution in [0, 0.1) is 0 Å². The smallest absolute Gasteiger partial charge is 0.376 e. The van der Waals surface area contributed by atoms with Gasteiger partial charge < -0.3 is 4.18 Å². The molecule has 2 aliphatic rings. The van der Waals surface area contributed by atoms with E-state index in [-0.39, 0.29) is 17.7 Å². The maximum absolute atomic E-state index is 12.8. The van der Waals surface area contributed by atoms with E-state index in [1.54, 1.807) is 6.07 Å². The first kappa shape index (κ1) is 20.2. The molecule has 2 aromatic carbocycles. The Morgan fingerprint density at radius 2 is 1.79 bits per heavy atom. The molecule has 0 radical (unpaired) electrons. The van der Waals surface area contributed by atoms with Crippen molar-refractivity contribution in [1.29, 1.82) is 0 Å². The molecule has 0 aromatic heterocycles. The summed E-state index contributed by atoms with van der Waals surface area (Å²) in [4.78, 5) is 2.44. The van der Waals surface area contributed by atoms with E-state index in [0.717, 1.165) is 37.9 Å². The number of halogens is 3. The van der Waals surface area contributed by atoms with Crippen molar-refractivity contribution in [1.82, 2.24) is 4.90 Å². The fourth-order valence-electron chi connectivity index (χ4n) is 4.62. The highest BCUT2D eigenvalue weighted by Gasteiger charge is 2.49. The van der Waals surface area contributed by atoms with E-state index in [9.17, 15) is 21.6 Å². The normalized spacial score (nSPS) is 22.6. The van der Waals surface area contributed by atoms with E-state index in [2.05, 4.69) is 21.2 Å². The van der Waals surface area contributed by atoms with Gasteiger partial charge in [-0.2, -0.15) is 21.6 Å². The van der Waals surface area contributed by atoms with Crippen molar-refractivity contribution in [2.45, 2.75) is 49.7 Å². The molecule has 4 rings (SSSR count). The maximum atomic E-state index is 12.8. The minimum absolute atomic E-state index is 0.161. The monoisotopic (exact) mass is 425 g/mol. The van der Waals surface area contributed by atoms with Gasteiger partial charge in [0.2, 0.25) is 0 Å². The molecule has 1 fully saturated rings. The Hall–Kier alpha value is -2.06. The second-order valence-corrected chi connectivity index (χ2v) is 9.16. The summed E-state index contributed by atoms with van der Waals surface area (Å²) < 4.78 is 65.8. The molecule has 0 unspecified atom stereocenters. The van der Waals surface area contributed by atoms with Gasteiger partial charge in [0, 0.05) is 12.6 Å². The van der Waals surface area contributed by atoms with Gasteiger partial charge in [0.15, 0.2) is 0 Å². The molecule has 0 bridgehead atoms. The van der Waals surface area contributed by atoms with E-state index in [4.69, 9.17) is 0 Å². The van der Waals surface area contributed by atoms with Crippen molar-refractivity contribution in [2.24, 2.45) is 0 Å². The van der Waals surface area contributed by atoms with Gasteiger partial charge in [0.05, 0.1) is 0 Å². The summed E-state index contributed by atoms with van der Waals surface area (Å²) in [6.07, 6.45) is 3.17. The van der Waals surface area contributed by atoms with Crippen molar-refractivity contribution < 1.29 is 25.8 Å². The van der Waals surface area contributed by atoms with Crippen molar-refractivity contribution in [3.05, 3.63) is 65.2 Å². The van der Waals surface area contributed by atoms with Crippen LogP contribution in [0.3, 0.4) is 0 Å². The molecule has 8 heteroatoms. The van der Waals surface area contributed by atoms with Gasteiger partial charge in [-0.15, -0.1) is 0 Å². The highest BCUT2D eigenvalue weighted by Crippen LogP contribution is 2.44. The molecule has 1 saturated heterocycles. The van der Waals surface area contributed by atoms with Crippen LogP contribution >= 0.6 is 0 Å². The van der Waals surface area contributed by atoms with Crippen LogP contribution < -0.4 is 4.18 Å². The number of likely N-dealkylation sites (tertiary alicyclic amines) is 1. The Kier molecular flexibility index (Phi) is 5.33. The Morgan fingerprint density at radius 1 is 1.03 bits per heavy atom. The van der Waals surface area contributed by atoms with Gasteiger partial charge in [0.25, 0.3) is 0 Å². The third-order valence-electron chi connectivity index (χ3n) is 5.86. The zero-order chi connectivity index (χ0) is 20.6. The topological polar surface area (TPSA) is 46.6 Å². The number of nitrogens with zero attached hydrogens (tertiary/aromatic N) is 1. The maximum Gasteiger partial charge on any atom is 0.534 e. The van der Waals surface area contributed by atoms with Gasteiger partial charge in [-0.25, -0.2) is 0 Å². The molecule has 0 amide bonds. The van der Waals surface area contributed by atoms with Crippen LogP contribution in [0.4, 0.5) is 13.2 Å². The SMILES string of the molecule is O=S(=O)(Oc1cccc2c1CC[C@@H]1[C@H]2CCCN1Cc1ccccc1)C(F)(F)F. The molecule has 0 saturated carbocycles. The van der Waals surface area contributed by atoms with Crippen LogP contribution in [-0.2, 0) is 23.1 Å². The largest absolute Gasteiger partial charge is 0.534 e. The molecule has 0 N–H and O–H groups in total. The Bertz CT molecular complexity index is 976. The van der Waals surface area contributed by atoms with Crippen LogP contribution in [0.25, 0.3) is 0 Å². The van der Waals surface area contributed by atoms with E-state index in [1.807, 2.05) is 24.3 Å². The first-order valence-corrected chi connectivity index (χ1v) is 11.1. The zero-order valence-electron chi connectivity index (χ0n) is 15.7. The quantitative estimate of drug-likeness (QED) is 0.530. The van der Waals surface area contributed by atoms with Crippen LogP contribution in [0.15, 0.2) is 48.5 Å². The second kappa shape index (κ2) is 7.65. The number of alkyl halides is 3. The molecule has 4 nitrogen and oxygen atoms in total. The van der Waals surface area contributed by atoms with Gasteiger partial charge in [-0.3, -0.25) is 4.90 Å². The molecule has 29 heavy (non-hydrogen) atoms. The van der Waals surface area contributed by atoms with Gasteiger partial charge >= 0.3 is 15.6 Å². The lowest BCUT2D eigenvalue weighted by molar-refractivity contribution is -0.0500. The minimum atomic E-state index is -5.68. The fraction of sp³-hybridized carbons (Fsp3) is 0.429. The lowest BCUT2D eigenvalue weighted by Gasteiger charge is -2.45. The highest BCUT2D eigenvalue weighted by molar-refractivity contribution is 7.88. The van der Waals surface area contributed by atoms with Crippen molar-refractivity contribution in [3.63, 3.8) is 0 Å². The number of hydrogen-bond acceptors (Lipinski definition) is 4. The van der Waals surface area contributed by atoms with E-state index < -0.39 is 15.6 Å². The van der Waals surface area contributed by atoms with Crippen LogP contribution in [0.5, 0.6) is 5.75 Å². The van der Waals surface area contributed by atoms with E-state index >= 15 is 0 Å². The number of piperidine rings is 1. The Labute approximate surface area is 168 Å². The molecule has 1 aliphatic heterocycles. The van der Waals surface area contributed by atoms with Crippen molar-refractivity contribution in [2.75, 3.05) is 6.54 Å². The van der Waals surface area contributed by atoms with Crippen molar-refractivity contribution in [3.8, 4) is 5.75 Å². The lowest BCUT2D eigenvalue weighted by Crippen LogP contribution is -2.45. The van der Waals surface area contributed by atoms with Crippen LogP contribution in [0.2, 0.25) is 0 Å². The van der Waals surface area contributed by atoms with E-state index in [0.29, 0.717) is 12.0 Å². The predicted molar refractivity (Wildman–Crippen MR) is 103 cm³/mol. The zero-order valence-corrected chi connectivity index (χ0v) is 16.5. The molecule has 2 atom stereocenters. The summed E-state index contributed by atoms with van der Waals surface area (Å²) in [6, 6.07) is 15.3. The van der Waals surface area contributed by atoms with Crippen LogP contribution in [-0.4, -0.2) is 31.4 Å². The molecule has 2 aromatic rings. The van der Waals surface area contributed by atoms with Gasteiger partial charge in [0.1, 0.15) is 5.75 Å². The number of benzene rings is 2. The summed E-state index contributed by atoms with van der Waals surface area (Å²) >= 11 is 0. The molecule has 0 spiro atoms. The number of rotatable bonds is 4. The number of hydrogen-bond donors (Lipinski definition) is 0. The van der Waals surface area contributed by atoms with Gasteiger partial charge in [-0.1, -0.05) is 42.5 Å². The molecular weight excluding hydrogens is 403 g/mol. The first-order valence-electron chi connectivity index (χ1n) is 9.67. The number of fused-ring (bicyclic) bond motifs is 3.